The van der Waals surface area contributed by atoms with Crippen LogP contribution in [-0.4, -0.2) is 34.6 Å². The molecule has 0 heterocycles. The van der Waals surface area contributed by atoms with E-state index in [0.29, 0.717) is 28.8 Å². The van der Waals surface area contributed by atoms with Crippen molar-refractivity contribution in [2.75, 3.05) is 25.6 Å². The van der Waals surface area contributed by atoms with E-state index in [1.54, 1.807) is 18.2 Å². The number of halogens is 1. The van der Waals surface area contributed by atoms with E-state index >= 15 is 0 Å². The number of methoxy groups -OCH3 is 1. The molecule has 0 aromatic heterocycles. The van der Waals surface area contributed by atoms with E-state index in [1.165, 1.54) is 31.4 Å². The average Bonchev–Trinajstić information content (AvgIpc) is 2.67. The predicted octanol–water partition coefficient (Wildman–Crippen LogP) is 3.44. The Bertz CT molecular complexity index is 901. The molecule has 1 amide bonds. The van der Waals surface area contributed by atoms with Gasteiger partial charge >= 0.3 is 0 Å². The second kappa shape index (κ2) is 10.3. The molecular formula is C19H23ClN2O5S. The molecule has 0 bridgehead atoms. The Labute approximate surface area is 170 Å². The molecule has 0 aliphatic rings. The fourth-order valence-electron chi connectivity index (χ4n) is 2.27. The molecule has 28 heavy (non-hydrogen) atoms. The van der Waals surface area contributed by atoms with Gasteiger partial charge in [-0.25, -0.2) is 13.1 Å². The van der Waals surface area contributed by atoms with Crippen molar-refractivity contribution in [1.82, 2.24) is 4.72 Å². The van der Waals surface area contributed by atoms with E-state index in [4.69, 9.17) is 21.1 Å². The summed E-state index contributed by atoms with van der Waals surface area (Å²) in [6.45, 7) is 2.15. The van der Waals surface area contributed by atoms with Crippen molar-refractivity contribution >= 4 is 33.2 Å². The molecule has 0 unspecified atom stereocenters. The Balaban J connectivity index is 1.88. The van der Waals surface area contributed by atoms with Crippen LogP contribution in [-0.2, 0) is 14.8 Å². The molecule has 0 aliphatic carbocycles. The van der Waals surface area contributed by atoms with Gasteiger partial charge in [-0.1, -0.05) is 24.9 Å². The van der Waals surface area contributed by atoms with Gasteiger partial charge in [0.25, 0.3) is 5.91 Å². The van der Waals surface area contributed by atoms with Gasteiger partial charge in [-0.05, 0) is 48.9 Å². The largest absolute Gasteiger partial charge is 0.495 e. The lowest BCUT2D eigenvalue weighted by Gasteiger charge is -2.10. The van der Waals surface area contributed by atoms with Crippen molar-refractivity contribution in [2.24, 2.45) is 0 Å². The third-order valence-corrected chi connectivity index (χ3v) is 5.53. The number of anilines is 1. The van der Waals surface area contributed by atoms with Crippen LogP contribution in [0.15, 0.2) is 47.4 Å². The summed E-state index contributed by atoms with van der Waals surface area (Å²) in [6.07, 6.45) is 1.68. The second-order valence-electron chi connectivity index (χ2n) is 5.91. The minimum atomic E-state index is -3.54. The summed E-state index contributed by atoms with van der Waals surface area (Å²) >= 11 is 6.02. The predicted molar refractivity (Wildman–Crippen MR) is 109 cm³/mol. The van der Waals surface area contributed by atoms with Crippen LogP contribution in [0.1, 0.15) is 19.8 Å². The monoisotopic (exact) mass is 426 g/mol. The number of unbranched alkanes of at least 4 members (excludes halogenated alkanes) is 1. The Hall–Kier alpha value is -2.29. The highest BCUT2D eigenvalue weighted by Crippen LogP contribution is 2.27. The van der Waals surface area contributed by atoms with Crippen molar-refractivity contribution in [1.29, 1.82) is 0 Å². The van der Waals surface area contributed by atoms with Crippen molar-refractivity contribution in [3.05, 3.63) is 47.5 Å². The lowest BCUT2D eigenvalue weighted by molar-refractivity contribution is -0.118. The number of hydrogen-bond donors (Lipinski definition) is 2. The molecule has 0 aliphatic heterocycles. The van der Waals surface area contributed by atoms with Crippen LogP contribution in [0.3, 0.4) is 0 Å². The van der Waals surface area contributed by atoms with E-state index in [0.717, 1.165) is 12.8 Å². The molecule has 0 fully saturated rings. The van der Waals surface area contributed by atoms with Crippen molar-refractivity contribution < 1.29 is 22.7 Å². The molecule has 0 saturated heterocycles. The van der Waals surface area contributed by atoms with Crippen LogP contribution < -0.4 is 19.5 Å². The van der Waals surface area contributed by atoms with E-state index in [-0.39, 0.29) is 17.4 Å². The first kappa shape index (κ1) is 22.0. The van der Waals surface area contributed by atoms with Crippen LogP contribution in [0.4, 0.5) is 5.69 Å². The number of carbonyl (C=O) groups excluding carboxylic acids is 1. The van der Waals surface area contributed by atoms with E-state index < -0.39 is 10.0 Å². The van der Waals surface area contributed by atoms with E-state index in [9.17, 15) is 13.2 Å². The van der Waals surface area contributed by atoms with Gasteiger partial charge in [0.15, 0.2) is 6.61 Å². The van der Waals surface area contributed by atoms with E-state index in [2.05, 4.69) is 10.0 Å². The minimum Gasteiger partial charge on any atom is -0.495 e. The van der Waals surface area contributed by atoms with Crippen molar-refractivity contribution in [2.45, 2.75) is 24.7 Å². The number of nitrogens with one attached hydrogen (secondary N) is 2. The van der Waals surface area contributed by atoms with Crippen LogP contribution in [0.25, 0.3) is 0 Å². The maximum Gasteiger partial charge on any atom is 0.262 e. The van der Waals surface area contributed by atoms with Gasteiger partial charge in [0, 0.05) is 12.2 Å². The molecule has 0 radical (unpaired) electrons. The Morgan fingerprint density at radius 3 is 2.46 bits per heavy atom. The number of amides is 1. The van der Waals surface area contributed by atoms with Crippen LogP contribution in [0.2, 0.25) is 5.02 Å². The maximum absolute atomic E-state index is 12.1. The average molecular weight is 427 g/mol. The van der Waals surface area contributed by atoms with Crippen LogP contribution >= 0.6 is 11.6 Å². The molecule has 2 aromatic rings. The van der Waals surface area contributed by atoms with Gasteiger partial charge in [0.2, 0.25) is 10.0 Å². The summed E-state index contributed by atoms with van der Waals surface area (Å²) in [6, 6.07) is 10.8. The summed E-state index contributed by atoms with van der Waals surface area (Å²) in [4.78, 5) is 12.2. The number of hydrogen-bond acceptors (Lipinski definition) is 5. The highest BCUT2D eigenvalue weighted by molar-refractivity contribution is 7.89. The zero-order chi connectivity index (χ0) is 20.6. The SMILES string of the molecule is CCCCNS(=O)(=O)c1ccc(OCC(=O)Nc2ccc(OC)c(Cl)c2)cc1. The molecule has 7 nitrogen and oxygen atoms in total. The number of benzene rings is 2. The standard InChI is InChI=1S/C19H23ClN2O5S/c1-3-4-11-21-28(24,25)16-8-6-15(7-9-16)27-13-19(23)22-14-5-10-18(26-2)17(20)12-14/h5-10,12,21H,3-4,11,13H2,1-2H3,(H,22,23). The normalized spacial score (nSPS) is 11.1. The lowest BCUT2D eigenvalue weighted by Crippen LogP contribution is -2.24. The Kier molecular flexibility index (Phi) is 8.10. The number of sulfonamides is 1. The summed E-state index contributed by atoms with van der Waals surface area (Å²) in [5.74, 6) is 0.518. The zero-order valence-corrected chi connectivity index (χ0v) is 17.3. The second-order valence-corrected chi connectivity index (χ2v) is 8.08. The third kappa shape index (κ3) is 6.40. The highest BCUT2D eigenvalue weighted by Gasteiger charge is 2.13. The van der Waals surface area contributed by atoms with Crippen LogP contribution in [0.5, 0.6) is 11.5 Å². The topological polar surface area (TPSA) is 93.7 Å². The van der Waals surface area contributed by atoms with Gasteiger partial charge in [-0.3, -0.25) is 4.79 Å². The van der Waals surface area contributed by atoms with E-state index in [1.807, 2.05) is 6.92 Å². The van der Waals surface area contributed by atoms with Crippen molar-refractivity contribution in [3.8, 4) is 11.5 Å². The van der Waals surface area contributed by atoms with Gasteiger partial charge in [0.1, 0.15) is 11.5 Å². The molecule has 2 aromatic carbocycles. The summed E-state index contributed by atoms with van der Waals surface area (Å²) in [7, 11) is -2.03. The maximum atomic E-state index is 12.1. The molecule has 2 N–H and O–H groups in total. The van der Waals surface area contributed by atoms with Gasteiger partial charge < -0.3 is 14.8 Å². The zero-order valence-electron chi connectivity index (χ0n) is 15.7. The quantitative estimate of drug-likeness (QED) is 0.567. The van der Waals surface area contributed by atoms with Gasteiger partial charge in [-0.15, -0.1) is 0 Å². The minimum absolute atomic E-state index is 0.147. The van der Waals surface area contributed by atoms with Gasteiger partial charge in [0.05, 0.1) is 17.0 Å². The first-order valence-corrected chi connectivity index (χ1v) is 10.6. The molecule has 152 valence electrons. The first-order chi connectivity index (χ1) is 13.4. The molecular weight excluding hydrogens is 404 g/mol. The fourth-order valence-corrected chi connectivity index (χ4v) is 3.60. The van der Waals surface area contributed by atoms with Crippen molar-refractivity contribution in [3.63, 3.8) is 0 Å². The summed E-state index contributed by atoms with van der Waals surface area (Å²) < 4.78 is 37.2. The fraction of sp³-hybridized carbons (Fsp3) is 0.316. The number of carbonyl (C=O) groups is 1. The molecule has 2 rings (SSSR count). The molecule has 0 saturated carbocycles. The molecule has 9 heteroatoms. The summed E-state index contributed by atoms with van der Waals surface area (Å²) in [5, 5.41) is 3.04. The smallest absolute Gasteiger partial charge is 0.262 e. The summed E-state index contributed by atoms with van der Waals surface area (Å²) in [5.41, 5.74) is 0.513. The third-order valence-electron chi connectivity index (χ3n) is 3.76. The Morgan fingerprint density at radius 2 is 1.86 bits per heavy atom. The van der Waals surface area contributed by atoms with Gasteiger partial charge in [-0.2, -0.15) is 0 Å². The molecule has 0 atom stereocenters. The highest BCUT2D eigenvalue weighted by atomic mass is 35.5. The lowest BCUT2D eigenvalue weighted by atomic mass is 10.3. The van der Waals surface area contributed by atoms with Crippen LogP contribution in [0, 0.1) is 0 Å². The molecule has 0 spiro atoms. The first-order valence-electron chi connectivity index (χ1n) is 8.71. The number of ether oxygens (including phenoxy) is 2. The Morgan fingerprint density at radius 1 is 1.14 bits per heavy atom. The number of rotatable bonds is 10.